The Bertz CT molecular complexity index is 177. The van der Waals surface area contributed by atoms with Gasteiger partial charge in [-0.15, -0.1) is 0 Å². The van der Waals surface area contributed by atoms with E-state index in [9.17, 15) is 4.79 Å². The molecule has 0 aromatic heterocycles. The molecule has 0 radical (unpaired) electrons. The van der Waals surface area contributed by atoms with Crippen LogP contribution in [0.15, 0.2) is 0 Å². The molecule has 1 nitrogen and oxygen atoms in total. The van der Waals surface area contributed by atoms with Crippen molar-refractivity contribution in [3.8, 4) is 0 Å². The first-order chi connectivity index (χ1) is 9.41. The molecule has 0 rings (SSSR count). The Hall–Kier alpha value is 0.267. The van der Waals surface area contributed by atoms with Crippen LogP contribution in [0.5, 0.6) is 0 Å². The van der Waals surface area contributed by atoms with Gasteiger partial charge in [-0.3, -0.25) is 0 Å². The summed E-state index contributed by atoms with van der Waals surface area (Å²) in [7, 11) is 0. The van der Waals surface area contributed by atoms with Gasteiger partial charge in [0.05, 0.1) is 0 Å². The first-order valence-electron chi connectivity index (χ1n) is 8.85. The van der Waals surface area contributed by atoms with Gasteiger partial charge in [0.25, 0.3) is 0 Å². The first kappa shape index (κ1) is 22.5. The molecular formula is C18H37LiO. The number of rotatable bonds is 16. The molecular weight excluding hydrogens is 239 g/mol. The van der Waals surface area contributed by atoms with Gasteiger partial charge in [-0.05, 0) is 6.42 Å². The summed E-state index contributed by atoms with van der Waals surface area (Å²) in [5, 5.41) is 0. The first-order valence-corrected chi connectivity index (χ1v) is 8.85. The molecule has 116 valence electrons. The average Bonchev–Trinajstić information content (AvgIpc) is 2.43. The Balaban J connectivity index is -0.00000162. The molecule has 0 N–H and O–H groups in total. The number of aldehydes is 1. The van der Waals surface area contributed by atoms with Crippen molar-refractivity contribution in [2.45, 2.75) is 110 Å². The molecule has 0 fully saturated rings. The molecule has 0 saturated heterocycles. The third-order valence-electron chi connectivity index (χ3n) is 3.93. The predicted molar refractivity (Wildman–Crippen MR) is 86.7 cm³/mol. The van der Waals surface area contributed by atoms with Crippen LogP contribution in [0, 0.1) is 0 Å². The van der Waals surface area contributed by atoms with E-state index < -0.39 is 0 Å². The largest absolute Gasteiger partial charge is 1.00 e. The molecule has 0 aromatic rings. The summed E-state index contributed by atoms with van der Waals surface area (Å²) >= 11 is 0. The maximum Gasteiger partial charge on any atom is 1.00 e. The van der Waals surface area contributed by atoms with E-state index in [1.807, 2.05) is 0 Å². The Morgan fingerprint density at radius 2 is 0.900 bits per heavy atom. The van der Waals surface area contributed by atoms with Crippen LogP contribution in [0.3, 0.4) is 0 Å². The van der Waals surface area contributed by atoms with Crippen molar-refractivity contribution in [1.82, 2.24) is 0 Å². The topological polar surface area (TPSA) is 17.1 Å². The minimum atomic E-state index is 0. The Morgan fingerprint density at radius 3 is 1.20 bits per heavy atom. The molecule has 0 atom stereocenters. The standard InChI is InChI=1S/C18H36O.Li.H/c1-2-3-4-5-6-7-8-9-10-11-12-13-14-15-16-17-18-19;;/h18H,2-17H2,1H3;;/q;+1;-1. The molecule has 20 heavy (non-hydrogen) atoms. The van der Waals surface area contributed by atoms with Gasteiger partial charge in [-0.2, -0.15) is 0 Å². The van der Waals surface area contributed by atoms with Crippen molar-refractivity contribution in [2.75, 3.05) is 0 Å². The number of hydrogen-bond acceptors (Lipinski definition) is 1. The smallest absolute Gasteiger partial charge is 1.00 e. The fourth-order valence-electron chi connectivity index (χ4n) is 2.60. The second-order valence-corrected chi connectivity index (χ2v) is 5.91. The van der Waals surface area contributed by atoms with Gasteiger partial charge in [0.15, 0.2) is 0 Å². The molecule has 0 unspecified atom stereocenters. The fraction of sp³-hybridized carbons (Fsp3) is 0.944. The van der Waals surface area contributed by atoms with E-state index in [-0.39, 0.29) is 20.3 Å². The maximum absolute atomic E-state index is 10.1. The van der Waals surface area contributed by atoms with Crippen molar-refractivity contribution in [3.05, 3.63) is 0 Å². The van der Waals surface area contributed by atoms with E-state index in [1.165, 1.54) is 89.9 Å². The monoisotopic (exact) mass is 276 g/mol. The van der Waals surface area contributed by atoms with Gasteiger partial charge >= 0.3 is 18.9 Å². The molecule has 2 heteroatoms. The normalized spacial score (nSPS) is 10.2. The fourth-order valence-corrected chi connectivity index (χ4v) is 2.60. The van der Waals surface area contributed by atoms with E-state index in [4.69, 9.17) is 0 Å². The zero-order chi connectivity index (χ0) is 14.0. The Morgan fingerprint density at radius 1 is 0.600 bits per heavy atom. The van der Waals surface area contributed by atoms with Crippen molar-refractivity contribution in [2.24, 2.45) is 0 Å². The number of carbonyl (C=O) groups excluding carboxylic acids is 1. The summed E-state index contributed by atoms with van der Waals surface area (Å²) in [6.45, 7) is 2.28. The quantitative estimate of drug-likeness (QED) is 0.239. The minimum Gasteiger partial charge on any atom is -1.00 e. The zero-order valence-corrected chi connectivity index (χ0v) is 14.3. The number of hydrogen-bond donors (Lipinski definition) is 0. The molecule has 0 heterocycles. The van der Waals surface area contributed by atoms with Gasteiger partial charge in [0.2, 0.25) is 0 Å². The van der Waals surface area contributed by atoms with E-state index in [0.29, 0.717) is 0 Å². The summed E-state index contributed by atoms with van der Waals surface area (Å²) in [5.41, 5.74) is 0. The van der Waals surface area contributed by atoms with Crippen LogP contribution < -0.4 is 18.9 Å². The molecule has 0 aliphatic heterocycles. The van der Waals surface area contributed by atoms with Crippen LogP contribution in [0.4, 0.5) is 0 Å². The van der Waals surface area contributed by atoms with Gasteiger partial charge in [0, 0.05) is 6.42 Å². The number of carbonyl (C=O) groups is 1. The third-order valence-corrected chi connectivity index (χ3v) is 3.93. The minimum absolute atomic E-state index is 0. The second kappa shape index (κ2) is 21.6. The van der Waals surface area contributed by atoms with Crippen molar-refractivity contribution in [1.29, 1.82) is 0 Å². The van der Waals surface area contributed by atoms with Crippen LogP contribution in [0.25, 0.3) is 0 Å². The van der Waals surface area contributed by atoms with Crippen LogP contribution in [-0.2, 0) is 4.79 Å². The van der Waals surface area contributed by atoms with Crippen molar-refractivity contribution in [3.63, 3.8) is 0 Å². The zero-order valence-electron chi connectivity index (χ0n) is 15.3. The summed E-state index contributed by atoms with van der Waals surface area (Å²) < 4.78 is 0. The van der Waals surface area contributed by atoms with Crippen LogP contribution in [-0.4, -0.2) is 6.29 Å². The third kappa shape index (κ3) is 20.6. The van der Waals surface area contributed by atoms with Crippen LogP contribution in [0.1, 0.15) is 111 Å². The van der Waals surface area contributed by atoms with Crippen LogP contribution in [0.2, 0.25) is 0 Å². The molecule has 0 saturated carbocycles. The molecule has 0 aliphatic rings. The molecule has 0 bridgehead atoms. The summed E-state index contributed by atoms with van der Waals surface area (Å²) in [4.78, 5) is 10.1. The van der Waals surface area contributed by atoms with E-state index in [2.05, 4.69) is 6.92 Å². The van der Waals surface area contributed by atoms with Gasteiger partial charge in [-0.25, -0.2) is 0 Å². The van der Waals surface area contributed by atoms with Gasteiger partial charge < -0.3 is 6.22 Å². The predicted octanol–water partition coefficient (Wildman–Crippen LogP) is 3.56. The molecule has 0 aromatic carbocycles. The average molecular weight is 276 g/mol. The second-order valence-electron chi connectivity index (χ2n) is 5.91. The van der Waals surface area contributed by atoms with Crippen molar-refractivity contribution < 1.29 is 25.1 Å². The number of unbranched alkanes of at least 4 members (excludes halogenated alkanes) is 15. The van der Waals surface area contributed by atoms with Gasteiger partial charge in [-0.1, -0.05) is 96.8 Å². The van der Waals surface area contributed by atoms with Gasteiger partial charge in [0.1, 0.15) is 6.29 Å². The van der Waals surface area contributed by atoms with Crippen molar-refractivity contribution >= 4 is 6.29 Å². The Kier molecular flexibility index (Phi) is 24.3. The molecule has 0 amide bonds. The van der Waals surface area contributed by atoms with Crippen LogP contribution >= 0.6 is 0 Å². The van der Waals surface area contributed by atoms with E-state index in [1.54, 1.807) is 0 Å². The molecule has 0 aliphatic carbocycles. The van der Waals surface area contributed by atoms with E-state index >= 15 is 0 Å². The maximum atomic E-state index is 10.1. The van der Waals surface area contributed by atoms with E-state index in [0.717, 1.165) is 19.1 Å². The SMILES string of the molecule is CCCCCCCCCCCCCCCCCC=O.[H-].[Li+]. The Labute approximate surface area is 141 Å². The summed E-state index contributed by atoms with van der Waals surface area (Å²) in [5.74, 6) is 0. The summed E-state index contributed by atoms with van der Waals surface area (Å²) in [6, 6.07) is 0. The summed E-state index contributed by atoms with van der Waals surface area (Å²) in [6.07, 6.45) is 22.6. The molecule has 0 spiro atoms.